The van der Waals surface area contributed by atoms with Crippen molar-refractivity contribution in [2.24, 2.45) is 0 Å². The molecule has 1 aromatic carbocycles. The fraction of sp³-hybridized carbons (Fsp3) is 0.474. The number of halogens is 1. The van der Waals surface area contributed by atoms with Crippen LogP contribution in [0.25, 0.3) is 0 Å². The molecule has 3 rings (SSSR count). The molecule has 0 radical (unpaired) electrons. The highest BCUT2D eigenvalue weighted by Gasteiger charge is 2.33. The third kappa shape index (κ3) is 4.74. The smallest absolute Gasteiger partial charge is 0.246 e. The van der Waals surface area contributed by atoms with Crippen LogP contribution < -0.4 is 5.32 Å². The van der Waals surface area contributed by atoms with Crippen LogP contribution in [-0.2, 0) is 21.2 Å². The average Bonchev–Trinajstić information content (AvgIpc) is 3.01. The molecule has 1 aliphatic heterocycles. The molecule has 0 unspecified atom stereocenters. The molecule has 2 N–H and O–H groups in total. The molecule has 9 heteroatoms. The van der Waals surface area contributed by atoms with Crippen molar-refractivity contribution in [2.45, 2.75) is 50.5 Å². The van der Waals surface area contributed by atoms with E-state index in [0.29, 0.717) is 55.2 Å². The maximum Gasteiger partial charge on any atom is 0.246 e. The van der Waals surface area contributed by atoms with E-state index < -0.39 is 10.0 Å². The van der Waals surface area contributed by atoms with Crippen molar-refractivity contribution in [1.29, 1.82) is 0 Å². The quantitative estimate of drug-likeness (QED) is 0.745. The molecule has 2 heterocycles. The van der Waals surface area contributed by atoms with Gasteiger partial charge >= 0.3 is 0 Å². The molecule has 28 heavy (non-hydrogen) atoms. The van der Waals surface area contributed by atoms with Crippen LogP contribution in [0.1, 0.15) is 36.2 Å². The van der Waals surface area contributed by atoms with Crippen molar-refractivity contribution >= 4 is 27.5 Å². The summed E-state index contributed by atoms with van der Waals surface area (Å²) in [6.07, 6.45) is 2.24. The number of H-pyrrole nitrogens is 1. The van der Waals surface area contributed by atoms with Crippen molar-refractivity contribution in [1.82, 2.24) is 19.8 Å². The number of nitrogens with zero attached hydrogens (tertiary/aromatic N) is 2. The van der Waals surface area contributed by atoms with E-state index >= 15 is 0 Å². The Kier molecular flexibility index (Phi) is 6.42. The zero-order valence-electron chi connectivity index (χ0n) is 16.0. The second kappa shape index (κ2) is 8.63. The fourth-order valence-corrected chi connectivity index (χ4v) is 5.43. The van der Waals surface area contributed by atoms with E-state index in [1.54, 1.807) is 13.8 Å². The van der Waals surface area contributed by atoms with Gasteiger partial charge in [-0.1, -0.05) is 23.7 Å². The number of sulfonamides is 1. The minimum Gasteiger partial charge on any atom is -0.353 e. The van der Waals surface area contributed by atoms with Crippen molar-refractivity contribution in [3.63, 3.8) is 0 Å². The Morgan fingerprint density at radius 2 is 1.89 bits per heavy atom. The molecule has 0 bridgehead atoms. The SMILES string of the molecule is Cc1n[nH]c(C)c1S(=O)(=O)N1CCC(NC(=O)CCc2ccc(Cl)cc2)CC1. The van der Waals surface area contributed by atoms with Crippen molar-refractivity contribution in [2.75, 3.05) is 13.1 Å². The first-order chi connectivity index (χ1) is 13.3. The second-order valence-electron chi connectivity index (χ2n) is 7.14. The topological polar surface area (TPSA) is 95.2 Å². The monoisotopic (exact) mass is 424 g/mol. The molecule has 0 saturated carbocycles. The number of carbonyl (C=O) groups excluding carboxylic acids is 1. The van der Waals surface area contributed by atoms with Crippen LogP contribution in [-0.4, -0.2) is 48.0 Å². The molecule has 0 aliphatic carbocycles. The van der Waals surface area contributed by atoms with E-state index in [1.165, 1.54) is 4.31 Å². The summed E-state index contributed by atoms with van der Waals surface area (Å²) in [5, 5.41) is 10.4. The third-order valence-corrected chi connectivity index (χ3v) is 7.45. The van der Waals surface area contributed by atoms with Crippen LogP contribution in [0.15, 0.2) is 29.2 Å². The summed E-state index contributed by atoms with van der Waals surface area (Å²) in [6, 6.07) is 7.45. The number of aryl methyl sites for hydroxylation is 3. The molecule has 152 valence electrons. The van der Waals surface area contributed by atoms with Crippen LogP contribution in [0.3, 0.4) is 0 Å². The highest BCUT2D eigenvalue weighted by atomic mass is 35.5. The average molecular weight is 425 g/mol. The molecular formula is C19H25ClN4O3S. The highest BCUT2D eigenvalue weighted by Crippen LogP contribution is 2.24. The molecule has 7 nitrogen and oxygen atoms in total. The van der Waals surface area contributed by atoms with Gasteiger partial charge in [-0.2, -0.15) is 9.40 Å². The predicted octanol–water partition coefficient (Wildman–Crippen LogP) is 2.58. The minimum absolute atomic E-state index is 0.00397. The lowest BCUT2D eigenvalue weighted by Gasteiger charge is -2.31. The number of hydrogen-bond acceptors (Lipinski definition) is 4. The van der Waals surface area contributed by atoms with Crippen LogP contribution >= 0.6 is 11.6 Å². The van der Waals surface area contributed by atoms with E-state index in [2.05, 4.69) is 15.5 Å². The molecule has 0 atom stereocenters. The van der Waals surface area contributed by atoms with Crippen molar-refractivity contribution < 1.29 is 13.2 Å². The van der Waals surface area contributed by atoms with Gasteiger partial charge in [0.2, 0.25) is 15.9 Å². The number of nitrogens with one attached hydrogen (secondary N) is 2. The first kappa shape index (κ1) is 20.8. The Bertz CT molecular complexity index is 913. The van der Waals surface area contributed by atoms with E-state index in [0.717, 1.165) is 5.56 Å². The van der Waals surface area contributed by atoms with E-state index in [9.17, 15) is 13.2 Å². The Hall–Kier alpha value is -1.90. The Labute approximate surface area is 170 Å². The van der Waals surface area contributed by atoms with Crippen LogP contribution in [0.2, 0.25) is 5.02 Å². The van der Waals surface area contributed by atoms with Gasteiger partial charge < -0.3 is 5.32 Å². The highest BCUT2D eigenvalue weighted by molar-refractivity contribution is 7.89. The van der Waals surface area contributed by atoms with Gasteiger partial charge in [0.05, 0.1) is 11.4 Å². The summed E-state index contributed by atoms with van der Waals surface area (Å²) in [4.78, 5) is 12.5. The van der Waals surface area contributed by atoms with Gasteiger partial charge in [-0.25, -0.2) is 8.42 Å². The number of hydrogen-bond donors (Lipinski definition) is 2. The fourth-order valence-electron chi connectivity index (χ4n) is 3.50. The lowest BCUT2D eigenvalue weighted by atomic mass is 10.1. The number of rotatable bonds is 6. The summed E-state index contributed by atoms with van der Waals surface area (Å²) >= 11 is 5.87. The molecule has 1 saturated heterocycles. The summed E-state index contributed by atoms with van der Waals surface area (Å²) in [5.74, 6) is -0.0159. The third-order valence-electron chi connectivity index (χ3n) is 5.03. The van der Waals surface area contributed by atoms with E-state index in [4.69, 9.17) is 11.6 Å². The van der Waals surface area contributed by atoms with Gasteiger partial charge in [0, 0.05) is 30.6 Å². The van der Waals surface area contributed by atoms with Crippen LogP contribution in [0.4, 0.5) is 0 Å². The van der Waals surface area contributed by atoms with Crippen molar-refractivity contribution in [3.05, 3.63) is 46.2 Å². The van der Waals surface area contributed by atoms with Gasteiger partial charge in [-0.3, -0.25) is 9.89 Å². The number of piperidine rings is 1. The van der Waals surface area contributed by atoms with Gasteiger partial charge in [-0.15, -0.1) is 0 Å². The van der Waals surface area contributed by atoms with Gasteiger partial charge in [0.1, 0.15) is 4.90 Å². The molecule has 2 aromatic rings. The summed E-state index contributed by atoms with van der Waals surface area (Å²) in [6.45, 7) is 4.16. The number of carbonyl (C=O) groups is 1. The van der Waals surface area contributed by atoms with Crippen molar-refractivity contribution in [3.8, 4) is 0 Å². The molecule has 1 fully saturated rings. The zero-order chi connectivity index (χ0) is 20.3. The maximum absolute atomic E-state index is 12.9. The van der Waals surface area contributed by atoms with Crippen LogP contribution in [0, 0.1) is 13.8 Å². The molecule has 1 aliphatic rings. The van der Waals surface area contributed by atoms with Gasteiger partial charge in [-0.05, 0) is 50.8 Å². The van der Waals surface area contributed by atoms with E-state index in [1.807, 2.05) is 24.3 Å². The molecule has 1 aromatic heterocycles. The Balaban J connectivity index is 1.50. The molecule has 0 spiro atoms. The zero-order valence-corrected chi connectivity index (χ0v) is 17.6. The van der Waals surface area contributed by atoms with E-state index in [-0.39, 0.29) is 16.8 Å². The summed E-state index contributed by atoms with van der Waals surface area (Å²) in [7, 11) is -3.57. The normalized spacial score (nSPS) is 16.2. The molecule has 1 amide bonds. The first-order valence-electron chi connectivity index (χ1n) is 9.33. The number of benzene rings is 1. The van der Waals surface area contributed by atoms with Gasteiger partial charge in [0.15, 0.2) is 0 Å². The molecular weight excluding hydrogens is 400 g/mol. The predicted molar refractivity (Wildman–Crippen MR) is 108 cm³/mol. The first-order valence-corrected chi connectivity index (χ1v) is 11.1. The maximum atomic E-state index is 12.9. The van der Waals surface area contributed by atoms with Gasteiger partial charge in [0.25, 0.3) is 0 Å². The minimum atomic E-state index is -3.57. The van der Waals surface area contributed by atoms with Crippen LogP contribution in [0.5, 0.6) is 0 Å². The lowest BCUT2D eigenvalue weighted by Crippen LogP contribution is -2.46. The summed E-state index contributed by atoms with van der Waals surface area (Å²) in [5.41, 5.74) is 2.09. The lowest BCUT2D eigenvalue weighted by molar-refractivity contribution is -0.122. The number of aromatic nitrogens is 2. The Morgan fingerprint density at radius 3 is 2.46 bits per heavy atom. The summed E-state index contributed by atoms with van der Waals surface area (Å²) < 4.78 is 27.2. The second-order valence-corrected chi connectivity index (χ2v) is 9.45. The Morgan fingerprint density at radius 1 is 1.25 bits per heavy atom. The standard InChI is InChI=1S/C19H25ClN4O3S/c1-13-19(14(2)23-22-13)28(26,27)24-11-9-17(10-12-24)21-18(25)8-5-15-3-6-16(20)7-4-15/h3-4,6-7,17H,5,8-12H2,1-2H3,(H,21,25)(H,22,23). The largest absolute Gasteiger partial charge is 0.353 e. The number of amides is 1. The number of aromatic amines is 1.